The fourth-order valence-electron chi connectivity index (χ4n) is 4.85. The van der Waals surface area contributed by atoms with Gasteiger partial charge in [-0.05, 0) is 42.6 Å². The van der Waals surface area contributed by atoms with Crippen LogP contribution in [0.1, 0.15) is 73.6 Å². The SMILES string of the molecule is CC[C@H](C)[C@H](NC(=O)[C@H](CC(N)=O)NC(=O)[C@@H](N)CCSC)C(=O)N[C@@H](CCC(N)=O)C(=O)N[C@H](C(=O)N[C@@H](CO)C(=O)N[C@H](C(=O)O)C(C)C)C(C)C. The molecule has 0 aromatic rings. The minimum atomic E-state index is -1.59. The molecule has 8 amide bonds. The molecule has 8 atom stereocenters. The van der Waals surface area contributed by atoms with Crippen molar-refractivity contribution in [1.29, 1.82) is 0 Å². The number of primary amides is 2. The highest BCUT2D eigenvalue weighted by atomic mass is 32.2. The van der Waals surface area contributed by atoms with Crippen LogP contribution in [-0.4, -0.2) is 124 Å². The number of carboxylic acid groups (broad SMARTS) is 1. The molecular weight excluding hydrogens is 730 g/mol. The molecular formula is C33H59N9O11S. The molecule has 20 nitrogen and oxygen atoms in total. The molecule has 0 fully saturated rings. The summed E-state index contributed by atoms with van der Waals surface area (Å²) >= 11 is 1.45. The molecule has 0 saturated heterocycles. The molecule has 54 heavy (non-hydrogen) atoms. The van der Waals surface area contributed by atoms with Crippen LogP contribution in [-0.2, 0) is 43.2 Å². The molecule has 0 aromatic heterocycles. The van der Waals surface area contributed by atoms with Gasteiger partial charge in [0.15, 0.2) is 0 Å². The van der Waals surface area contributed by atoms with Crippen LogP contribution in [0.25, 0.3) is 0 Å². The first kappa shape index (κ1) is 49.5. The summed E-state index contributed by atoms with van der Waals surface area (Å²) in [5.41, 5.74) is 16.5. The molecule has 0 aliphatic rings. The minimum absolute atomic E-state index is 0.284. The first-order valence-corrected chi connectivity index (χ1v) is 19.0. The molecule has 0 aliphatic carbocycles. The van der Waals surface area contributed by atoms with Gasteiger partial charge in [-0.25, -0.2) is 4.79 Å². The average molecular weight is 790 g/mol. The van der Waals surface area contributed by atoms with E-state index < -0.39 is 126 Å². The Morgan fingerprint density at radius 2 is 1.07 bits per heavy atom. The van der Waals surface area contributed by atoms with E-state index in [9.17, 15) is 53.4 Å². The second-order valence-corrected chi connectivity index (χ2v) is 14.6. The Morgan fingerprint density at radius 1 is 0.611 bits per heavy atom. The van der Waals surface area contributed by atoms with Crippen molar-refractivity contribution in [2.24, 2.45) is 35.0 Å². The number of aliphatic hydroxyl groups excluding tert-OH is 1. The highest BCUT2D eigenvalue weighted by Gasteiger charge is 2.36. The molecule has 0 unspecified atom stereocenters. The zero-order valence-corrected chi connectivity index (χ0v) is 32.7. The van der Waals surface area contributed by atoms with E-state index in [1.807, 2.05) is 6.26 Å². The summed E-state index contributed by atoms with van der Waals surface area (Å²) in [5.74, 6) is -9.63. The molecule has 0 bridgehead atoms. The molecule has 21 heteroatoms. The lowest BCUT2D eigenvalue weighted by molar-refractivity contribution is -0.144. The van der Waals surface area contributed by atoms with Gasteiger partial charge in [-0.2, -0.15) is 11.8 Å². The third kappa shape index (κ3) is 17.5. The van der Waals surface area contributed by atoms with Crippen LogP contribution in [0.4, 0.5) is 0 Å². The first-order chi connectivity index (χ1) is 25.1. The van der Waals surface area contributed by atoms with Gasteiger partial charge in [-0.15, -0.1) is 0 Å². The second-order valence-electron chi connectivity index (χ2n) is 13.6. The summed E-state index contributed by atoms with van der Waals surface area (Å²) in [6, 6.07) is -9.57. The van der Waals surface area contributed by atoms with Crippen LogP contribution >= 0.6 is 11.8 Å². The van der Waals surface area contributed by atoms with Crippen molar-refractivity contribution in [3.8, 4) is 0 Å². The van der Waals surface area contributed by atoms with Crippen LogP contribution in [0.5, 0.6) is 0 Å². The summed E-state index contributed by atoms with van der Waals surface area (Å²) in [7, 11) is 0. The van der Waals surface area contributed by atoms with Crippen molar-refractivity contribution in [2.45, 2.75) is 116 Å². The Balaban J connectivity index is 6.23. The molecule has 308 valence electrons. The fraction of sp³-hybridized carbons (Fsp3) is 0.727. The molecule has 0 aliphatic heterocycles. The van der Waals surface area contributed by atoms with Gasteiger partial charge in [-0.3, -0.25) is 38.4 Å². The zero-order chi connectivity index (χ0) is 41.9. The number of nitrogens with one attached hydrogen (secondary N) is 6. The number of aliphatic hydroxyl groups is 1. The van der Waals surface area contributed by atoms with Gasteiger partial charge < -0.3 is 59.3 Å². The van der Waals surface area contributed by atoms with E-state index >= 15 is 0 Å². The number of hydrogen-bond acceptors (Lipinski definition) is 12. The number of thioether (sulfide) groups is 1. The van der Waals surface area contributed by atoms with E-state index in [4.69, 9.17) is 17.2 Å². The van der Waals surface area contributed by atoms with Crippen LogP contribution in [0.2, 0.25) is 0 Å². The van der Waals surface area contributed by atoms with E-state index in [1.54, 1.807) is 41.5 Å². The van der Waals surface area contributed by atoms with Gasteiger partial charge in [0.2, 0.25) is 47.3 Å². The highest BCUT2D eigenvalue weighted by Crippen LogP contribution is 2.12. The molecule has 0 aromatic carbocycles. The maximum absolute atomic E-state index is 13.7. The van der Waals surface area contributed by atoms with Crippen LogP contribution in [0.3, 0.4) is 0 Å². The number of rotatable bonds is 26. The van der Waals surface area contributed by atoms with Gasteiger partial charge in [0.05, 0.1) is 19.1 Å². The Kier molecular flexibility index (Phi) is 22.7. The Morgan fingerprint density at radius 3 is 1.54 bits per heavy atom. The fourth-order valence-corrected chi connectivity index (χ4v) is 5.34. The number of carboxylic acids is 1. The molecule has 14 N–H and O–H groups in total. The minimum Gasteiger partial charge on any atom is -0.480 e. The van der Waals surface area contributed by atoms with Gasteiger partial charge in [0.1, 0.15) is 36.3 Å². The van der Waals surface area contributed by atoms with E-state index in [0.29, 0.717) is 12.2 Å². The maximum Gasteiger partial charge on any atom is 0.326 e. The van der Waals surface area contributed by atoms with Crippen LogP contribution in [0, 0.1) is 17.8 Å². The number of aliphatic carboxylic acids is 1. The first-order valence-electron chi connectivity index (χ1n) is 17.6. The number of carbonyl (C=O) groups excluding carboxylic acids is 8. The lowest BCUT2D eigenvalue weighted by Crippen LogP contribution is -2.62. The third-order valence-corrected chi connectivity index (χ3v) is 9.05. The lowest BCUT2D eigenvalue weighted by Gasteiger charge is -2.30. The van der Waals surface area contributed by atoms with E-state index in [1.165, 1.54) is 11.8 Å². The van der Waals surface area contributed by atoms with Crippen molar-refractivity contribution < 1.29 is 53.4 Å². The van der Waals surface area contributed by atoms with Crippen molar-refractivity contribution in [1.82, 2.24) is 31.9 Å². The van der Waals surface area contributed by atoms with Crippen molar-refractivity contribution >= 4 is 65.0 Å². The Hall–Kier alpha value is -4.50. The van der Waals surface area contributed by atoms with Gasteiger partial charge in [0.25, 0.3) is 0 Å². The highest BCUT2D eigenvalue weighted by molar-refractivity contribution is 7.98. The Bertz CT molecular complexity index is 1330. The molecule has 0 heterocycles. The summed E-state index contributed by atoms with van der Waals surface area (Å²) in [6.45, 7) is 8.65. The maximum atomic E-state index is 13.7. The Labute approximate surface area is 319 Å². The summed E-state index contributed by atoms with van der Waals surface area (Å²) < 4.78 is 0. The van der Waals surface area contributed by atoms with Crippen LogP contribution < -0.4 is 49.1 Å². The second kappa shape index (κ2) is 24.7. The van der Waals surface area contributed by atoms with Gasteiger partial charge in [-0.1, -0.05) is 48.0 Å². The van der Waals surface area contributed by atoms with Crippen LogP contribution in [0.15, 0.2) is 0 Å². The number of nitrogens with two attached hydrogens (primary N) is 3. The van der Waals surface area contributed by atoms with Crippen molar-refractivity contribution in [3.05, 3.63) is 0 Å². The van der Waals surface area contributed by atoms with Gasteiger partial charge >= 0.3 is 5.97 Å². The summed E-state index contributed by atoms with van der Waals surface area (Å²) in [6.07, 6.45) is 1.12. The summed E-state index contributed by atoms with van der Waals surface area (Å²) in [4.78, 5) is 114. The predicted molar refractivity (Wildman–Crippen MR) is 199 cm³/mol. The molecule has 0 saturated carbocycles. The quantitative estimate of drug-likeness (QED) is 0.0407. The number of carbonyl (C=O) groups is 9. The largest absolute Gasteiger partial charge is 0.480 e. The van der Waals surface area contributed by atoms with Crippen molar-refractivity contribution in [2.75, 3.05) is 18.6 Å². The number of hydrogen-bond donors (Lipinski definition) is 11. The average Bonchev–Trinajstić information content (AvgIpc) is 3.09. The summed E-state index contributed by atoms with van der Waals surface area (Å²) in [5, 5.41) is 33.6. The molecule has 0 radical (unpaired) electrons. The monoisotopic (exact) mass is 789 g/mol. The van der Waals surface area contributed by atoms with E-state index in [-0.39, 0.29) is 19.3 Å². The van der Waals surface area contributed by atoms with Gasteiger partial charge in [0, 0.05) is 6.42 Å². The smallest absolute Gasteiger partial charge is 0.326 e. The molecule has 0 rings (SSSR count). The van der Waals surface area contributed by atoms with Crippen molar-refractivity contribution in [3.63, 3.8) is 0 Å². The van der Waals surface area contributed by atoms with E-state index in [2.05, 4.69) is 31.9 Å². The molecule has 0 spiro atoms. The normalized spacial score (nSPS) is 15.6. The third-order valence-electron chi connectivity index (χ3n) is 8.41. The number of amides is 8. The zero-order valence-electron chi connectivity index (χ0n) is 31.9. The predicted octanol–water partition coefficient (Wildman–Crippen LogP) is -3.45. The topological polar surface area (TPSA) is 344 Å². The van der Waals surface area contributed by atoms with E-state index in [0.717, 1.165) is 0 Å². The lowest BCUT2D eigenvalue weighted by atomic mass is 9.96. The standard InChI is InChI=1S/C33H59N9O11S/c1-8-17(6)26(42-29(48)20(13-23(36)45)38-27(46)18(34)11-12-54-7)32(51)37-19(9-10-22(35)44)28(47)40-24(15(2)3)31(50)39-21(14-43)30(49)41-25(16(4)5)33(52)53/h15-21,24-26,43H,8-14,34H2,1-7H3,(H2,35,44)(H2,36,45)(H,37,51)(H,38,46)(H,39,50)(H,40,47)(H,41,49)(H,42,48)(H,52,53)/t17-,18-,19-,20-,21-,24-,25-,26-/m0/s1.